The molecule has 0 aromatic heterocycles. The zero-order valence-corrected chi connectivity index (χ0v) is 47.8. The summed E-state index contributed by atoms with van der Waals surface area (Å²) in [6.45, 7) is 21.2. The van der Waals surface area contributed by atoms with Gasteiger partial charge in [-0.2, -0.15) is 4.39 Å². The maximum atomic E-state index is 15.9. The monoisotopic (exact) mass is 1110 g/mol. The number of halogens is 1. The summed E-state index contributed by atoms with van der Waals surface area (Å²) in [7, 11) is 1.96. The lowest BCUT2D eigenvalue weighted by molar-refractivity contribution is -0.387. The summed E-state index contributed by atoms with van der Waals surface area (Å²) in [5.74, 6) is -6.78. The van der Waals surface area contributed by atoms with Gasteiger partial charge in [0.2, 0.25) is 37.6 Å². The Morgan fingerprint density at radius 3 is 1.83 bits per heavy atom. The van der Waals surface area contributed by atoms with E-state index < -0.39 is 108 Å². The second-order valence-electron chi connectivity index (χ2n) is 21.7. The number of carbonyl (C=O) groups excluding carboxylic acids is 5. The number of nitrogens with one attached hydrogen (secondary N) is 4. The Bertz CT molecular complexity index is 2870. The van der Waals surface area contributed by atoms with E-state index in [1.807, 2.05) is 41.5 Å². The highest BCUT2D eigenvalue weighted by atomic mass is 28.4. The van der Waals surface area contributed by atoms with Crippen LogP contribution in [0.3, 0.4) is 0 Å². The average Bonchev–Trinajstić information content (AvgIpc) is 3.37. The molecule has 0 saturated heterocycles. The van der Waals surface area contributed by atoms with Crippen LogP contribution in [0.15, 0.2) is 60.7 Å². The van der Waals surface area contributed by atoms with Crippen molar-refractivity contribution in [3.8, 4) is 45.6 Å². The summed E-state index contributed by atoms with van der Waals surface area (Å²) in [4.78, 5) is 86.6. The Morgan fingerprint density at radius 1 is 0.731 bits per heavy atom. The van der Waals surface area contributed by atoms with Crippen molar-refractivity contribution in [3.63, 3.8) is 0 Å². The van der Waals surface area contributed by atoms with E-state index in [1.54, 1.807) is 41.5 Å². The third-order valence-corrected chi connectivity index (χ3v) is 19.2. The molecule has 1 aliphatic heterocycles. The second kappa shape index (κ2) is 24.3. The summed E-state index contributed by atoms with van der Waals surface area (Å²) < 4.78 is 56.8. The predicted molar refractivity (Wildman–Crippen MR) is 287 cm³/mol. The van der Waals surface area contributed by atoms with E-state index in [2.05, 4.69) is 21.3 Å². The van der Waals surface area contributed by atoms with Crippen molar-refractivity contribution >= 4 is 43.8 Å². The molecule has 78 heavy (non-hydrogen) atoms. The fourth-order valence-electron chi connectivity index (χ4n) is 9.93. The molecule has 1 heterocycles. The van der Waals surface area contributed by atoms with Crippen molar-refractivity contribution in [3.05, 3.63) is 98.8 Å². The molecule has 0 aliphatic carbocycles. The first-order valence-electron chi connectivity index (χ1n) is 25.1. The van der Waals surface area contributed by atoms with Crippen molar-refractivity contribution in [1.82, 2.24) is 21.3 Å². The number of amides is 4. The molecule has 0 spiro atoms. The largest absolute Gasteiger partial charge is 0.504 e. The van der Waals surface area contributed by atoms with Crippen LogP contribution in [0.4, 0.5) is 14.9 Å². The standard InChI is InChI=1S/C55H72FN5O16Si/c1-27(2)78(28(3)4,29(5)6)77-47(31-17-19-36(56)37(22-31)61(69)70)46-51(66)58-45(52(67)75-54(7,8)9)35-25-33(71-13)26-41(73-15)42(35)34-21-30(18-20-40(34)72-14)43(49(64)59-46)57-50(65)44(60-53(68)76-55(10,11)12)32-23-38(62)48(74-16)39(63)24-32/h17-29,43-47,62-63H,1-16H3,(H,57,65)(H,58,66)(H,59,64)(H,60,68)/t43-,44-,45+,46+,47-/m1/s1. The zero-order valence-electron chi connectivity index (χ0n) is 46.8. The molecule has 0 unspecified atom stereocenters. The molecule has 0 fully saturated rings. The molecule has 0 radical (unpaired) electrons. The zero-order chi connectivity index (χ0) is 58.5. The Kier molecular flexibility index (Phi) is 19.1. The third kappa shape index (κ3) is 13.5. The number of methoxy groups -OCH3 is 4. The van der Waals surface area contributed by atoms with Gasteiger partial charge in [0, 0.05) is 28.8 Å². The summed E-state index contributed by atoms with van der Waals surface area (Å²) >= 11 is 0. The number of benzene rings is 4. The van der Waals surface area contributed by atoms with Gasteiger partial charge in [-0.3, -0.25) is 24.5 Å². The van der Waals surface area contributed by atoms with Gasteiger partial charge in [-0.05, 0) is 111 Å². The van der Waals surface area contributed by atoms with Crippen LogP contribution in [0.25, 0.3) is 11.1 Å². The lowest BCUT2D eigenvalue weighted by Gasteiger charge is -2.46. The molecule has 2 bridgehead atoms. The number of phenolic OH excluding ortho intramolecular Hbond substituents is 2. The van der Waals surface area contributed by atoms with Gasteiger partial charge in [0.1, 0.15) is 52.7 Å². The van der Waals surface area contributed by atoms with Gasteiger partial charge in [-0.25, -0.2) is 9.59 Å². The molecule has 23 heteroatoms. The Labute approximate surface area is 454 Å². The summed E-state index contributed by atoms with van der Waals surface area (Å²) in [6, 6.07) is 4.91. The van der Waals surface area contributed by atoms with Gasteiger partial charge >= 0.3 is 17.7 Å². The van der Waals surface area contributed by atoms with Crippen molar-refractivity contribution in [2.24, 2.45) is 0 Å². The number of nitro benzene ring substituents is 1. The van der Waals surface area contributed by atoms with Crippen molar-refractivity contribution in [2.75, 3.05) is 28.4 Å². The molecule has 0 saturated carbocycles. The summed E-state index contributed by atoms with van der Waals surface area (Å²) in [5, 5.41) is 45.0. The number of aromatic hydroxyl groups is 2. The lowest BCUT2D eigenvalue weighted by atomic mass is 9.89. The number of phenols is 2. The van der Waals surface area contributed by atoms with Crippen molar-refractivity contribution in [2.45, 2.75) is 141 Å². The van der Waals surface area contributed by atoms with Crippen LogP contribution in [0.2, 0.25) is 16.6 Å². The number of carbonyl (C=O) groups is 5. The second-order valence-corrected chi connectivity index (χ2v) is 27.1. The Hall–Kier alpha value is -7.66. The smallest absolute Gasteiger partial charge is 0.408 e. The van der Waals surface area contributed by atoms with Crippen LogP contribution in [0.1, 0.15) is 130 Å². The highest BCUT2D eigenvalue weighted by molar-refractivity contribution is 6.77. The molecule has 4 aromatic rings. The third-order valence-electron chi connectivity index (χ3n) is 13.1. The van der Waals surface area contributed by atoms with Crippen LogP contribution in [-0.2, 0) is 33.1 Å². The SMILES string of the molecule is COc1cc(OC)c2c(c1)[C@@H](C(=O)OC(C)(C)C)NC(=O)[C@H]([C@H](O[Si](C(C)C)(C(C)C)C(C)C)c1ccc(F)c([N+](=O)[O-])c1)NC(=O)[C@H](NC(=O)[C@H](NC(=O)OC(C)(C)C)c1cc(O)c(OC)c(O)c1)c1ccc(OC)c-2c1. The van der Waals surface area contributed by atoms with Crippen LogP contribution >= 0.6 is 0 Å². The molecule has 4 aromatic carbocycles. The van der Waals surface area contributed by atoms with Crippen LogP contribution in [-0.4, -0.2) is 98.9 Å². The highest BCUT2D eigenvalue weighted by Crippen LogP contribution is 2.48. The van der Waals surface area contributed by atoms with E-state index >= 15 is 18.8 Å². The topological polar surface area (TPSA) is 282 Å². The number of fused-ring (bicyclic) bond motifs is 4. The molecule has 4 amide bonds. The number of hydrogen-bond acceptors (Lipinski definition) is 16. The molecule has 21 nitrogen and oxygen atoms in total. The Morgan fingerprint density at radius 2 is 1.32 bits per heavy atom. The minimum Gasteiger partial charge on any atom is -0.504 e. The van der Waals surface area contributed by atoms with E-state index in [1.165, 1.54) is 64.8 Å². The van der Waals surface area contributed by atoms with Gasteiger partial charge in [0.25, 0.3) is 0 Å². The minimum absolute atomic E-state index is 0.00406. The predicted octanol–water partition coefficient (Wildman–Crippen LogP) is 9.20. The van der Waals surface area contributed by atoms with Crippen LogP contribution < -0.4 is 40.2 Å². The quantitative estimate of drug-likeness (QED) is 0.0249. The maximum Gasteiger partial charge on any atom is 0.408 e. The van der Waals surface area contributed by atoms with E-state index in [-0.39, 0.29) is 73.0 Å². The number of nitrogens with zero attached hydrogens (tertiary/aromatic N) is 1. The number of ether oxygens (including phenoxy) is 6. The maximum absolute atomic E-state index is 15.9. The van der Waals surface area contributed by atoms with Gasteiger partial charge in [-0.1, -0.05) is 53.7 Å². The number of esters is 1. The van der Waals surface area contributed by atoms with Gasteiger partial charge < -0.3 is 64.3 Å². The normalized spacial score (nSPS) is 16.8. The minimum atomic E-state index is -3.30. The first kappa shape index (κ1) is 61.2. The van der Waals surface area contributed by atoms with Gasteiger partial charge in [-0.15, -0.1) is 0 Å². The molecule has 1 aliphatic rings. The first-order chi connectivity index (χ1) is 36.3. The van der Waals surface area contributed by atoms with E-state index in [0.717, 1.165) is 24.3 Å². The molecular weight excluding hydrogens is 1030 g/mol. The molecule has 6 N–H and O–H groups in total. The summed E-state index contributed by atoms with van der Waals surface area (Å²) in [6.07, 6.45) is -2.81. The number of alkyl carbamates (subject to hydrolysis) is 1. The van der Waals surface area contributed by atoms with Crippen molar-refractivity contribution in [1.29, 1.82) is 0 Å². The van der Waals surface area contributed by atoms with Crippen LogP contribution in [0.5, 0.6) is 34.5 Å². The van der Waals surface area contributed by atoms with Gasteiger partial charge in [0.15, 0.2) is 17.5 Å². The summed E-state index contributed by atoms with van der Waals surface area (Å²) in [5.41, 5.74) is -3.90. The first-order valence-corrected chi connectivity index (χ1v) is 27.3. The molecule has 5 rings (SSSR count). The fourth-order valence-corrected chi connectivity index (χ4v) is 15.5. The lowest BCUT2D eigenvalue weighted by Crippen LogP contribution is -2.58. The molecule has 5 atom stereocenters. The van der Waals surface area contributed by atoms with Crippen molar-refractivity contribution < 1.29 is 76.3 Å². The van der Waals surface area contributed by atoms with Gasteiger partial charge in [0.05, 0.1) is 33.4 Å². The van der Waals surface area contributed by atoms with E-state index in [9.17, 15) is 29.9 Å². The Balaban J connectivity index is 1.95. The number of nitro groups is 1. The van der Waals surface area contributed by atoms with E-state index in [4.69, 9.17) is 32.8 Å². The van der Waals surface area contributed by atoms with Crippen LogP contribution in [0, 0.1) is 15.9 Å². The molecular formula is C55H72FN5O16Si. The highest BCUT2D eigenvalue weighted by Gasteiger charge is 2.50. The molecule has 424 valence electrons. The fraction of sp³-hybridized carbons (Fsp3) is 0.473. The van der Waals surface area contributed by atoms with E-state index in [0.29, 0.717) is 0 Å². The number of hydrogen-bond donors (Lipinski definition) is 6. The number of rotatable bonds is 17. The average molecular weight is 1110 g/mol.